The summed E-state index contributed by atoms with van der Waals surface area (Å²) in [5.41, 5.74) is 0.390. The average molecular weight is 359 g/mol. The first-order valence-electron chi connectivity index (χ1n) is 9.46. The van der Waals surface area contributed by atoms with Gasteiger partial charge in [-0.1, -0.05) is 0 Å². The molecule has 0 unspecified atom stereocenters. The molecule has 4 rings (SSSR count). The number of rotatable bonds is 3. The zero-order valence-electron chi connectivity index (χ0n) is 15.0. The van der Waals surface area contributed by atoms with Gasteiger partial charge in [-0.05, 0) is 19.3 Å². The molecule has 2 amide bonds. The topological polar surface area (TPSA) is 78.9 Å². The van der Waals surface area contributed by atoms with Crippen LogP contribution < -0.4 is 4.90 Å². The van der Waals surface area contributed by atoms with E-state index in [1.165, 1.54) is 6.20 Å². The summed E-state index contributed by atoms with van der Waals surface area (Å²) in [6.07, 6.45) is 6.81. The lowest BCUT2D eigenvalue weighted by molar-refractivity contribution is -0.130. The summed E-state index contributed by atoms with van der Waals surface area (Å²) < 4.78 is 5.30. The highest BCUT2D eigenvalue weighted by Crippen LogP contribution is 2.24. The maximum Gasteiger partial charge on any atom is 0.274 e. The third-order valence-corrected chi connectivity index (χ3v) is 5.48. The predicted molar refractivity (Wildman–Crippen MR) is 94.9 cm³/mol. The van der Waals surface area contributed by atoms with E-state index in [4.69, 9.17) is 4.74 Å². The second-order valence-corrected chi connectivity index (χ2v) is 7.08. The number of likely N-dealkylation sites (tertiary alicyclic amines) is 1. The molecular weight excluding hydrogens is 334 g/mol. The van der Waals surface area contributed by atoms with Crippen molar-refractivity contribution in [2.45, 2.75) is 31.7 Å². The van der Waals surface area contributed by atoms with Crippen LogP contribution in [0.1, 0.15) is 36.2 Å². The van der Waals surface area contributed by atoms with Crippen LogP contribution in [0, 0.1) is 0 Å². The Kier molecular flexibility index (Phi) is 5.01. The van der Waals surface area contributed by atoms with Gasteiger partial charge in [0.15, 0.2) is 0 Å². The van der Waals surface area contributed by atoms with Gasteiger partial charge in [-0.15, -0.1) is 0 Å². The molecule has 0 spiro atoms. The minimum absolute atomic E-state index is 0.0831. The molecule has 1 aromatic heterocycles. The third kappa shape index (κ3) is 3.51. The van der Waals surface area contributed by atoms with Crippen molar-refractivity contribution in [3.05, 3.63) is 18.1 Å². The van der Waals surface area contributed by atoms with Crippen LogP contribution in [0.15, 0.2) is 12.4 Å². The standard InChI is InChI=1S/C18H25N5O3/c24-17-2-1-5-23(17)14-3-6-21(7-4-14)16-13-19-12-15(20-16)18(25)22-8-10-26-11-9-22/h12-14H,1-11H2. The van der Waals surface area contributed by atoms with Crippen molar-refractivity contribution in [2.75, 3.05) is 50.8 Å². The van der Waals surface area contributed by atoms with Crippen LogP contribution in [-0.4, -0.2) is 83.6 Å². The fourth-order valence-corrected chi connectivity index (χ4v) is 4.00. The van der Waals surface area contributed by atoms with E-state index in [1.807, 2.05) is 4.90 Å². The first kappa shape index (κ1) is 17.2. The fraction of sp³-hybridized carbons (Fsp3) is 0.667. The minimum atomic E-state index is -0.0831. The van der Waals surface area contributed by atoms with Gasteiger partial charge >= 0.3 is 0 Å². The molecule has 3 saturated heterocycles. The number of hydrogen-bond acceptors (Lipinski definition) is 6. The van der Waals surface area contributed by atoms with E-state index in [-0.39, 0.29) is 5.91 Å². The zero-order valence-corrected chi connectivity index (χ0v) is 15.0. The summed E-state index contributed by atoms with van der Waals surface area (Å²) in [6.45, 7) is 4.90. The van der Waals surface area contributed by atoms with Crippen LogP contribution in [0.2, 0.25) is 0 Å². The highest BCUT2D eigenvalue weighted by Gasteiger charge is 2.31. The van der Waals surface area contributed by atoms with Crippen LogP contribution in [0.3, 0.4) is 0 Å². The molecule has 8 nitrogen and oxygen atoms in total. The number of aromatic nitrogens is 2. The Bertz CT molecular complexity index is 669. The van der Waals surface area contributed by atoms with Gasteiger partial charge in [0.1, 0.15) is 11.5 Å². The Hall–Kier alpha value is -2.22. The van der Waals surface area contributed by atoms with Gasteiger partial charge in [0.2, 0.25) is 5.91 Å². The van der Waals surface area contributed by atoms with E-state index in [0.717, 1.165) is 44.7 Å². The maximum absolute atomic E-state index is 12.6. The van der Waals surface area contributed by atoms with Crippen LogP contribution in [0.5, 0.6) is 0 Å². The third-order valence-electron chi connectivity index (χ3n) is 5.48. The van der Waals surface area contributed by atoms with Crippen LogP contribution in [0.25, 0.3) is 0 Å². The van der Waals surface area contributed by atoms with Crippen LogP contribution >= 0.6 is 0 Å². The quantitative estimate of drug-likeness (QED) is 0.784. The number of carbonyl (C=O) groups is 2. The van der Waals surface area contributed by atoms with Gasteiger partial charge in [-0.2, -0.15) is 0 Å². The Labute approximate surface area is 153 Å². The number of anilines is 1. The van der Waals surface area contributed by atoms with Gasteiger partial charge in [0, 0.05) is 45.2 Å². The molecule has 140 valence electrons. The van der Waals surface area contributed by atoms with Crippen molar-refractivity contribution in [2.24, 2.45) is 0 Å². The molecule has 1 aromatic rings. The molecule has 0 atom stereocenters. The number of carbonyl (C=O) groups excluding carboxylic acids is 2. The molecule has 0 saturated carbocycles. The van der Waals surface area contributed by atoms with E-state index < -0.39 is 0 Å². The molecule has 0 aromatic carbocycles. The number of nitrogens with zero attached hydrogens (tertiary/aromatic N) is 5. The minimum Gasteiger partial charge on any atom is -0.378 e. The van der Waals surface area contributed by atoms with Crippen LogP contribution in [0.4, 0.5) is 5.82 Å². The highest BCUT2D eigenvalue weighted by atomic mass is 16.5. The predicted octanol–water partition coefficient (Wildman–Crippen LogP) is 0.540. The number of piperidine rings is 1. The molecule has 0 radical (unpaired) electrons. The Morgan fingerprint density at radius 3 is 2.54 bits per heavy atom. The lowest BCUT2D eigenvalue weighted by atomic mass is 10.0. The van der Waals surface area contributed by atoms with Gasteiger partial charge in [-0.3, -0.25) is 14.6 Å². The number of hydrogen-bond donors (Lipinski definition) is 0. The van der Waals surface area contributed by atoms with Crippen molar-refractivity contribution in [1.29, 1.82) is 0 Å². The van der Waals surface area contributed by atoms with Crippen molar-refractivity contribution < 1.29 is 14.3 Å². The second-order valence-electron chi connectivity index (χ2n) is 7.08. The summed E-state index contributed by atoms with van der Waals surface area (Å²) in [5.74, 6) is 0.955. The summed E-state index contributed by atoms with van der Waals surface area (Å²) in [4.78, 5) is 39.3. The van der Waals surface area contributed by atoms with Gasteiger partial charge < -0.3 is 19.4 Å². The fourth-order valence-electron chi connectivity index (χ4n) is 4.00. The van der Waals surface area contributed by atoms with E-state index >= 15 is 0 Å². The average Bonchev–Trinajstić information content (AvgIpc) is 3.14. The number of morpholine rings is 1. The summed E-state index contributed by atoms with van der Waals surface area (Å²) in [5, 5.41) is 0. The SMILES string of the molecule is O=C(c1cncc(N2CCC(N3CCCC3=O)CC2)n1)N1CCOCC1. The summed E-state index contributed by atoms with van der Waals surface area (Å²) in [7, 11) is 0. The molecule has 0 N–H and O–H groups in total. The molecule has 3 aliphatic heterocycles. The molecule has 8 heteroatoms. The Morgan fingerprint density at radius 2 is 1.85 bits per heavy atom. The van der Waals surface area contributed by atoms with Crippen LogP contribution in [-0.2, 0) is 9.53 Å². The first-order chi connectivity index (χ1) is 12.7. The van der Waals surface area contributed by atoms with E-state index in [9.17, 15) is 9.59 Å². The monoisotopic (exact) mass is 359 g/mol. The normalized spacial score (nSPS) is 22.2. The number of ether oxygens (including phenoxy) is 1. The maximum atomic E-state index is 12.6. The molecule has 26 heavy (non-hydrogen) atoms. The summed E-state index contributed by atoms with van der Waals surface area (Å²) >= 11 is 0. The smallest absolute Gasteiger partial charge is 0.274 e. The molecule has 0 aliphatic carbocycles. The molecular formula is C18H25N5O3. The lowest BCUT2D eigenvalue weighted by Crippen LogP contribution is -2.46. The van der Waals surface area contributed by atoms with Gasteiger partial charge in [0.25, 0.3) is 5.91 Å². The van der Waals surface area contributed by atoms with E-state index in [1.54, 1.807) is 11.1 Å². The van der Waals surface area contributed by atoms with E-state index in [0.29, 0.717) is 50.4 Å². The van der Waals surface area contributed by atoms with Crippen molar-refractivity contribution in [3.8, 4) is 0 Å². The Morgan fingerprint density at radius 1 is 1.08 bits per heavy atom. The zero-order chi connectivity index (χ0) is 17.9. The van der Waals surface area contributed by atoms with Gasteiger partial charge in [-0.25, -0.2) is 4.98 Å². The van der Waals surface area contributed by atoms with E-state index in [2.05, 4.69) is 14.9 Å². The molecule has 3 fully saturated rings. The molecule has 3 aliphatic rings. The first-order valence-corrected chi connectivity index (χ1v) is 9.46. The molecule has 4 heterocycles. The highest BCUT2D eigenvalue weighted by molar-refractivity contribution is 5.92. The second kappa shape index (κ2) is 7.57. The van der Waals surface area contributed by atoms with Crippen molar-refractivity contribution >= 4 is 17.6 Å². The van der Waals surface area contributed by atoms with Crippen molar-refractivity contribution in [3.63, 3.8) is 0 Å². The Balaban J connectivity index is 1.39. The largest absolute Gasteiger partial charge is 0.378 e. The van der Waals surface area contributed by atoms with Gasteiger partial charge in [0.05, 0.1) is 25.6 Å². The number of amides is 2. The summed E-state index contributed by atoms with van der Waals surface area (Å²) in [6, 6.07) is 0.340. The lowest BCUT2D eigenvalue weighted by Gasteiger charge is -2.37. The van der Waals surface area contributed by atoms with Crippen molar-refractivity contribution in [1.82, 2.24) is 19.8 Å². The molecule has 0 bridgehead atoms.